The molecule has 1 N–H and O–H groups in total. The van der Waals surface area contributed by atoms with Crippen LogP contribution >= 0.6 is 0 Å². The molecule has 10 nitrogen and oxygen atoms in total. The Labute approximate surface area is 236 Å². The van der Waals surface area contributed by atoms with Gasteiger partial charge in [0.1, 0.15) is 17.3 Å². The van der Waals surface area contributed by atoms with E-state index in [4.69, 9.17) is 14.2 Å². The molecule has 5 rings (SSSR count). The van der Waals surface area contributed by atoms with Gasteiger partial charge >= 0.3 is 0 Å². The number of anilines is 1. The van der Waals surface area contributed by atoms with Crippen LogP contribution < -0.4 is 25.0 Å². The van der Waals surface area contributed by atoms with Crippen LogP contribution in [0.2, 0.25) is 0 Å². The molecule has 0 saturated carbocycles. The van der Waals surface area contributed by atoms with Gasteiger partial charge in [-0.1, -0.05) is 29.8 Å². The molecular weight excluding hydrogens is 522 g/mol. The van der Waals surface area contributed by atoms with E-state index in [2.05, 4.69) is 20.4 Å². The van der Waals surface area contributed by atoms with E-state index in [1.807, 2.05) is 45.0 Å². The van der Waals surface area contributed by atoms with E-state index < -0.39 is 11.3 Å². The van der Waals surface area contributed by atoms with Gasteiger partial charge in [-0.05, 0) is 50.6 Å². The van der Waals surface area contributed by atoms with Crippen molar-refractivity contribution in [1.29, 1.82) is 0 Å². The van der Waals surface area contributed by atoms with Crippen LogP contribution in [0.5, 0.6) is 23.0 Å². The molecule has 0 aliphatic heterocycles. The van der Waals surface area contributed by atoms with E-state index in [0.717, 1.165) is 10.9 Å². The average Bonchev–Trinajstić information content (AvgIpc) is 2.98. The molecule has 0 bridgehead atoms. The Kier molecular flexibility index (Phi) is 7.64. The number of ether oxygens (including phenoxy) is 3. The molecule has 10 heteroatoms. The normalized spacial score (nSPS) is 11.0. The minimum absolute atomic E-state index is 0.0637. The quantitative estimate of drug-likeness (QED) is 0.257. The maximum Gasteiger partial charge on any atom is 0.281 e. The van der Waals surface area contributed by atoms with Crippen molar-refractivity contribution in [3.8, 4) is 34.1 Å². The van der Waals surface area contributed by atoms with Crippen molar-refractivity contribution < 1.29 is 19.0 Å². The number of carbonyl (C=O) groups is 1. The van der Waals surface area contributed by atoms with Crippen molar-refractivity contribution in [1.82, 2.24) is 19.7 Å². The molecule has 0 radical (unpaired) electrons. The van der Waals surface area contributed by atoms with Gasteiger partial charge in [0.05, 0.1) is 25.9 Å². The lowest BCUT2D eigenvalue weighted by molar-refractivity contribution is 0.101. The van der Waals surface area contributed by atoms with Gasteiger partial charge < -0.3 is 19.5 Å². The lowest BCUT2D eigenvalue weighted by Crippen LogP contribution is -2.28. The smallest absolute Gasteiger partial charge is 0.281 e. The summed E-state index contributed by atoms with van der Waals surface area (Å²) in [5.41, 5.74) is 2.18. The Morgan fingerprint density at radius 2 is 1.66 bits per heavy atom. The molecule has 41 heavy (non-hydrogen) atoms. The van der Waals surface area contributed by atoms with Gasteiger partial charge in [-0.15, -0.1) is 0 Å². The number of rotatable bonds is 8. The van der Waals surface area contributed by atoms with Gasteiger partial charge in [-0.3, -0.25) is 19.3 Å². The van der Waals surface area contributed by atoms with E-state index in [-0.39, 0.29) is 17.6 Å². The highest BCUT2D eigenvalue weighted by molar-refractivity contribution is 6.02. The summed E-state index contributed by atoms with van der Waals surface area (Å²) in [5.74, 6) is 1.68. The predicted molar refractivity (Wildman–Crippen MR) is 156 cm³/mol. The summed E-state index contributed by atoms with van der Waals surface area (Å²) in [5, 5.41) is 7.72. The van der Waals surface area contributed by atoms with Crippen LogP contribution in [0, 0.1) is 6.92 Å². The van der Waals surface area contributed by atoms with Gasteiger partial charge in [0.15, 0.2) is 17.2 Å². The third kappa shape index (κ3) is 5.72. The van der Waals surface area contributed by atoms with Crippen LogP contribution in [0.1, 0.15) is 35.9 Å². The number of pyridine rings is 2. The number of methoxy groups -OCH3 is 2. The maximum atomic E-state index is 13.3. The number of carbonyl (C=O) groups excluding carboxylic acids is 1. The molecule has 208 valence electrons. The Balaban J connectivity index is 1.39. The SMILES string of the molecule is COc1cc2nccc(Oc3ccc(NC(=O)c4nn(C(C)C)cc(-c5ccc(C)cc5)c4=O)nc3)c2cc1OC. The highest BCUT2D eigenvalue weighted by Crippen LogP contribution is 2.36. The van der Waals surface area contributed by atoms with Crippen LogP contribution in [0.4, 0.5) is 5.82 Å². The summed E-state index contributed by atoms with van der Waals surface area (Å²) >= 11 is 0. The van der Waals surface area contributed by atoms with Gasteiger partial charge in [-0.2, -0.15) is 5.10 Å². The highest BCUT2D eigenvalue weighted by Gasteiger charge is 2.20. The number of nitrogens with zero attached hydrogens (tertiary/aromatic N) is 4. The first-order valence-corrected chi connectivity index (χ1v) is 12.9. The molecule has 5 aromatic rings. The van der Waals surface area contributed by atoms with E-state index >= 15 is 0 Å². The van der Waals surface area contributed by atoms with Crippen molar-refractivity contribution in [3.05, 3.63) is 94.7 Å². The van der Waals surface area contributed by atoms with Gasteiger partial charge in [0, 0.05) is 35.5 Å². The zero-order chi connectivity index (χ0) is 29.1. The highest BCUT2D eigenvalue weighted by atomic mass is 16.5. The first kappa shape index (κ1) is 27.3. The van der Waals surface area contributed by atoms with Gasteiger partial charge in [0.2, 0.25) is 5.43 Å². The summed E-state index contributed by atoms with van der Waals surface area (Å²) in [4.78, 5) is 35.2. The summed E-state index contributed by atoms with van der Waals surface area (Å²) in [6.45, 7) is 5.83. The van der Waals surface area contributed by atoms with E-state index in [1.165, 1.54) is 6.20 Å². The van der Waals surface area contributed by atoms with E-state index in [1.54, 1.807) is 61.6 Å². The molecular formula is C31H29N5O5. The van der Waals surface area contributed by atoms with Crippen LogP contribution in [-0.2, 0) is 0 Å². The Bertz CT molecular complexity index is 1780. The number of hydrogen-bond donors (Lipinski definition) is 1. The zero-order valence-corrected chi connectivity index (χ0v) is 23.3. The molecule has 0 spiro atoms. The van der Waals surface area contributed by atoms with Crippen molar-refractivity contribution >= 4 is 22.6 Å². The van der Waals surface area contributed by atoms with Crippen molar-refractivity contribution in [2.24, 2.45) is 0 Å². The average molecular weight is 552 g/mol. The fraction of sp³-hybridized carbons (Fsp3) is 0.194. The van der Waals surface area contributed by atoms with Crippen LogP contribution in [0.3, 0.4) is 0 Å². The fourth-order valence-corrected chi connectivity index (χ4v) is 4.21. The first-order chi connectivity index (χ1) is 19.8. The third-order valence-electron chi connectivity index (χ3n) is 6.46. The summed E-state index contributed by atoms with van der Waals surface area (Å²) in [6, 6.07) is 16.0. The standard InChI is InChI=1S/C31H29N5O5/c1-18(2)36-17-23(20-8-6-19(3)7-9-20)30(37)29(35-36)31(38)34-28-11-10-21(16-33-28)41-25-12-13-32-24-15-27(40-5)26(39-4)14-22(24)25/h6-18H,1-5H3,(H,33,34,38). The molecule has 0 aliphatic rings. The Morgan fingerprint density at radius 3 is 2.32 bits per heavy atom. The summed E-state index contributed by atoms with van der Waals surface area (Å²) in [7, 11) is 3.12. The number of aromatic nitrogens is 4. The fourth-order valence-electron chi connectivity index (χ4n) is 4.21. The Hall–Kier alpha value is -5.25. The molecule has 0 fully saturated rings. The van der Waals surface area contributed by atoms with E-state index in [0.29, 0.717) is 39.6 Å². The predicted octanol–water partition coefficient (Wildman–Crippen LogP) is 5.80. The number of benzene rings is 2. The second-order valence-corrected chi connectivity index (χ2v) is 9.63. The summed E-state index contributed by atoms with van der Waals surface area (Å²) < 4.78 is 18.5. The molecule has 0 saturated heterocycles. The zero-order valence-electron chi connectivity index (χ0n) is 23.3. The van der Waals surface area contributed by atoms with Crippen LogP contribution in [0.15, 0.2) is 78.0 Å². The summed E-state index contributed by atoms with van der Waals surface area (Å²) in [6.07, 6.45) is 4.78. The second kappa shape index (κ2) is 11.5. The minimum Gasteiger partial charge on any atom is -0.493 e. The lowest BCUT2D eigenvalue weighted by Gasteiger charge is -2.14. The lowest BCUT2D eigenvalue weighted by atomic mass is 10.0. The topological polar surface area (TPSA) is 117 Å². The van der Waals surface area contributed by atoms with Crippen molar-refractivity contribution in [2.45, 2.75) is 26.8 Å². The Morgan fingerprint density at radius 1 is 0.927 bits per heavy atom. The molecule has 3 heterocycles. The molecule has 3 aromatic heterocycles. The second-order valence-electron chi connectivity index (χ2n) is 9.63. The minimum atomic E-state index is -0.652. The largest absolute Gasteiger partial charge is 0.493 e. The van der Waals surface area contributed by atoms with Crippen molar-refractivity contribution in [3.63, 3.8) is 0 Å². The third-order valence-corrected chi connectivity index (χ3v) is 6.46. The number of hydrogen-bond acceptors (Lipinski definition) is 8. The van der Waals surface area contributed by atoms with Crippen LogP contribution in [-0.4, -0.2) is 39.9 Å². The van der Waals surface area contributed by atoms with Gasteiger partial charge in [-0.25, -0.2) is 4.98 Å². The van der Waals surface area contributed by atoms with Gasteiger partial charge in [0.25, 0.3) is 5.91 Å². The number of fused-ring (bicyclic) bond motifs is 1. The first-order valence-electron chi connectivity index (χ1n) is 12.9. The number of nitrogens with one attached hydrogen (secondary N) is 1. The molecule has 2 aromatic carbocycles. The number of aryl methyl sites for hydroxylation is 1. The molecule has 1 amide bonds. The van der Waals surface area contributed by atoms with E-state index in [9.17, 15) is 9.59 Å². The van der Waals surface area contributed by atoms with Crippen molar-refractivity contribution in [2.75, 3.05) is 19.5 Å². The number of amides is 1. The maximum absolute atomic E-state index is 13.3. The molecule has 0 unspecified atom stereocenters. The molecule has 0 atom stereocenters. The van der Waals surface area contributed by atoms with Crippen LogP contribution in [0.25, 0.3) is 22.0 Å². The monoisotopic (exact) mass is 551 g/mol. The molecule has 0 aliphatic carbocycles.